The zero-order chi connectivity index (χ0) is 15.8. The van der Waals surface area contributed by atoms with E-state index in [9.17, 15) is 0 Å². The van der Waals surface area contributed by atoms with E-state index in [0.29, 0.717) is 23.1 Å². The zero-order valence-electron chi connectivity index (χ0n) is 11.3. The Hall–Kier alpha value is -3.09. The van der Waals surface area contributed by atoms with Crippen molar-refractivity contribution in [3.63, 3.8) is 0 Å². The molecule has 108 valence electrons. The summed E-state index contributed by atoms with van der Waals surface area (Å²) in [5.74, 6) is 0.515. The highest BCUT2D eigenvalue weighted by molar-refractivity contribution is 6.32. The van der Waals surface area contributed by atoms with E-state index in [-0.39, 0.29) is 5.71 Å². The summed E-state index contributed by atoms with van der Waals surface area (Å²) in [7, 11) is 0. The van der Waals surface area contributed by atoms with Crippen LogP contribution < -0.4 is 10.2 Å². The molecule has 0 unspecified atom stereocenters. The molecular weight excluding hydrogens is 302 g/mol. The summed E-state index contributed by atoms with van der Waals surface area (Å²) in [4.78, 5) is 4.00. The first-order valence-electron chi connectivity index (χ1n) is 6.18. The van der Waals surface area contributed by atoms with Gasteiger partial charge in [-0.2, -0.15) is 15.6 Å². The molecule has 0 aliphatic rings. The molecular formula is C15H10ClN5O. The average Bonchev–Trinajstić information content (AvgIpc) is 2.56. The van der Waals surface area contributed by atoms with E-state index in [2.05, 4.69) is 15.5 Å². The molecule has 0 saturated heterocycles. The summed E-state index contributed by atoms with van der Waals surface area (Å²) < 4.78 is 5.61. The number of hydrogen-bond acceptors (Lipinski definition) is 6. The minimum Gasteiger partial charge on any atom is -0.487 e. The van der Waals surface area contributed by atoms with Crippen molar-refractivity contribution in [1.82, 2.24) is 4.98 Å². The first-order valence-corrected chi connectivity index (χ1v) is 6.56. The molecule has 1 N–H and O–H groups in total. The summed E-state index contributed by atoms with van der Waals surface area (Å²) >= 11 is 6.12. The van der Waals surface area contributed by atoms with Gasteiger partial charge in [-0.1, -0.05) is 17.7 Å². The summed E-state index contributed by atoms with van der Waals surface area (Å²) in [5.41, 5.74) is 3.78. The van der Waals surface area contributed by atoms with E-state index in [1.54, 1.807) is 42.7 Å². The van der Waals surface area contributed by atoms with E-state index in [0.717, 1.165) is 5.56 Å². The minimum absolute atomic E-state index is 0.270. The smallest absolute Gasteiger partial charge is 0.237 e. The van der Waals surface area contributed by atoms with Gasteiger partial charge in [0.1, 0.15) is 24.5 Å². The standard InChI is InChI=1S/C15H10ClN5O/c16-14-6-12(20-21-13(7-17)8-18)3-4-15(14)22-10-11-2-1-5-19-9-11/h1-6,9,20H,10H2. The quantitative estimate of drug-likeness (QED) is 0.676. The summed E-state index contributed by atoms with van der Waals surface area (Å²) in [6.07, 6.45) is 3.40. The van der Waals surface area contributed by atoms with Gasteiger partial charge in [0.15, 0.2) is 0 Å². The van der Waals surface area contributed by atoms with Crippen LogP contribution in [0.1, 0.15) is 5.56 Å². The number of ether oxygens (including phenoxy) is 1. The second kappa shape index (κ2) is 7.63. The predicted molar refractivity (Wildman–Crippen MR) is 82.3 cm³/mol. The second-order valence-corrected chi connectivity index (χ2v) is 4.50. The van der Waals surface area contributed by atoms with Crippen molar-refractivity contribution in [1.29, 1.82) is 10.5 Å². The first-order chi connectivity index (χ1) is 10.7. The molecule has 0 bridgehead atoms. The Bertz CT molecular complexity index is 746. The lowest BCUT2D eigenvalue weighted by molar-refractivity contribution is 0.306. The van der Waals surface area contributed by atoms with Gasteiger partial charge in [0.2, 0.25) is 5.71 Å². The van der Waals surface area contributed by atoms with Crippen LogP contribution in [-0.2, 0) is 6.61 Å². The fraction of sp³-hybridized carbons (Fsp3) is 0.0667. The number of aromatic nitrogens is 1. The van der Waals surface area contributed by atoms with Crippen molar-refractivity contribution >= 4 is 23.0 Å². The maximum Gasteiger partial charge on any atom is 0.237 e. The van der Waals surface area contributed by atoms with Crippen LogP contribution in [0.4, 0.5) is 5.69 Å². The van der Waals surface area contributed by atoms with Gasteiger partial charge < -0.3 is 4.74 Å². The largest absolute Gasteiger partial charge is 0.487 e. The highest BCUT2D eigenvalue weighted by Crippen LogP contribution is 2.28. The predicted octanol–water partition coefficient (Wildman–Crippen LogP) is 3.13. The molecule has 0 atom stereocenters. The van der Waals surface area contributed by atoms with Gasteiger partial charge in [-0.05, 0) is 24.3 Å². The third-order valence-corrected chi connectivity index (χ3v) is 2.85. The fourth-order valence-corrected chi connectivity index (χ4v) is 1.76. The Morgan fingerprint density at radius 3 is 2.77 bits per heavy atom. The average molecular weight is 312 g/mol. The van der Waals surface area contributed by atoms with Crippen LogP contribution in [0, 0.1) is 22.7 Å². The van der Waals surface area contributed by atoms with Crippen LogP contribution in [0.3, 0.4) is 0 Å². The number of hydrogen-bond donors (Lipinski definition) is 1. The molecule has 6 nitrogen and oxygen atoms in total. The molecule has 0 fully saturated rings. The van der Waals surface area contributed by atoms with Crippen molar-refractivity contribution in [2.45, 2.75) is 6.61 Å². The lowest BCUT2D eigenvalue weighted by atomic mass is 10.3. The van der Waals surface area contributed by atoms with Gasteiger partial charge in [0, 0.05) is 18.0 Å². The monoisotopic (exact) mass is 311 g/mol. The van der Waals surface area contributed by atoms with E-state index < -0.39 is 0 Å². The van der Waals surface area contributed by atoms with Crippen LogP contribution >= 0.6 is 11.6 Å². The maximum absolute atomic E-state index is 8.59. The molecule has 1 aromatic carbocycles. The molecule has 1 aromatic heterocycles. The Balaban J connectivity index is 2.03. The molecule has 1 heterocycles. The van der Waals surface area contributed by atoms with Crippen LogP contribution in [0.15, 0.2) is 47.8 Å². The minimum atomic E-state index is -0.270. The molecule has 0 amide bonds. The molecule has 0 aliphatic carbocycles. The Kier molecular flexibility index (Phi) is 5.31. The highest BCUT2D eigenvalue weighted by atomic mass is 35.5. The topological polar surface area (TPSA) is 94.1 Å². The van der Waals surface area contributed by atoms with Gasteiger partial charge in [-0.25, -0.2) is 0 Å². The second-order valence-electron chi connectivity index (χ2n) is 4.09. The summed E-state index contributed by atoms with van der Waals surface area (Å²) in [6, 6.07) is 12.0. The van der Waals surface area contributed by atoms with Gasteiger partial charge in [0.25, 0.3) is 0 Å². The van der Waals surface area contributed by atoms with Gasteiger partial charge in [-0.3, -0.25) is 10.4 Å². The molecule has 2 aromatic rings. The number of halogens is 1. The van der Waals surface area contributed by atoms with Crippen molar-refractivity contribution in [2.75, 3.05) is 5.43 Å². The number of rotatable bonds is 5. The molecule has 0 saturated carbocycles. The molecule has 22 heavy (non-hydrogen) atoms. The third kappa shape index (κ3) is 4.20. The lowest BCUT2D eigenvalue weighted by Gasteiger charge is -2.09. The van der Waals surface area contributed by atoms with E-state index in [1.165, 1.54) is 0 Å². The number of nitriles is 2. The fourth-order valence-electron chi connectivity index (χ4n) is 1.53. The first kappa shape index (κ1) is 15.3. The molecule has 7 heteroatoms. The van der Waals surface area contributed by atoms with Crippen molar-refractivity contribution in [3.05, 3.63) is 53.3 Å². The van der Waals surface area contributed by atoms with E-state index in [1.807, 2.05) is 12.1 Å². The lowest BCUT2D eigenvalue weighted by Crippen LogP contribution is -1.98. The number of pyridine rings is 1. The van der Waals surface area contributed by atoms with Crippen LogP contribution in [0.5, 0.6) is 5.75 Å². The number of benzene rings is 1. The molecule has 2 rings (SSSR count). The van der Waals surface area contributed by atoms with Crippen molar-refractivity contribution < 1.29 is 4.74 Å². The van der Waals surface area contributed by atoms with Crippen LogP contribution in [0.2, 0.25) is 5.02 Å². The molecule has 0 spiro atoms. The zero-order valence-corrected chi connectivity index (χ0v) is 12.1. The number of nitrogens with zero attached hydrogens (tertiary/aromatic N) is 4. The number of nitrogens with one attached hydrogen (secondary N) is 1. The maximum atomic E-state index is 8.59. The number of hydrazone groups is 1. The Labute approximate surface area is 132 Å². The Morgan fingerprint density at radius 1 is 1.32 bits per heavy atom. The Morgan fingerprint density at radius 2 is 2.14 bits per heavy atom. The van der Waals surface area contributed by atoms with E-state index in [4.69, 9.17) is 26.9 Å². The summed E-state index contributed by atoms with van der Waals surface area (Å²) in [6.45, 7) is 0.353. The summed E-state index contributed by atoms with van der Waals surface area (Å²) in [5, 5.41) is 21.2. The van der Waals surface area contributed by atoms with Crippen molar-refractivity contribution in [2.24, 2.45) is 5.10 Å². The van der Waals surface area contributed by atoms with Crippen molar-refractivity contribution in [3.8, 4) is 17.9 Å². The third-order valence-electron chi connectivity index (χ3n) is 2.56. The normalized spacial score (nSPS) is 9.23. The van der Waals surface area contributed by atoms with E-state index >= 15 is 0 Å². The van der Waals surface area contributed by atoms with Crippen LogP contribution in [-0.4, -0.2) is 10.7 Å². The number of anilines is 1. The SMILES string of the molecule is N#CC(C#N)=NNc1ccc(OCc2cccnc2)c(Cl)c1. The van der Waals surface area contributed by atoms with Gasteiger partial charge in [0.05, 0.1) is 10.7 Å². The highest BCUT2D eigenvalue weighted by Gasteiger charge is 2.04. The van der Waals surface area contributed by atoms with Crippen LogP contribution in [0.25, 0.3) is 0 Å². The molecule has 0 radical (unpaired) electrons. The molecule has 0 aliphatic heterocycles. The van der Waals surface area contributed by atoms with Gasteiger partial charge in [-0.15, -0.1) is 0 Å². The van der Waals surface area contributed by atoms with Gasteiger partial charge >= 0.3 is 0 Å².